The van der Waals surface area contributed by atoms with E-state index in [1.54, 1.807) is 0 Å². The molecule has 2 heteroatoms. The Morgan fingerprint density at radius 2 is 1.80 bits per heavy atom. The summed E-state index contributed by atoms with van der Waals surface area (Å²) in [5.41, 5.74) is 2.76. The van der Waals surface area contributed by atoms with Gasteiger partial charge in [0.2, 0.25) is 0 Å². The highest BCUT2D eigenvalue weighted by atomic mass is 16.5. The molecular weight excluding hydrogens is 246 g/mol. The summed E-state index contributed by atoms with van der Waals surface area (Å²) in [6, 6.07) is 7.04. The summed E-state index contributed by atoms with van der Waals surface area (Å²) in [7, 11) is 0. The fourth-order valence-electron chi connectivity index (χ4n) is 1.96. The second kappa shape index (κ2) is 7.12. The van der Waals surface area contributed by atoms with E-state index in [0.717, 1.165) is 12.3 Å². The van der Waals surface area contributed by atoms with Gasteiger partial charge in [-0.05, 0) is 42.4 Å². The van der Waals surface area contributed by atoms with Crippen LogP contribution in [0.25, 0.3) is 0 Å². The van der Waals surface area contributed by atoms with Crippen molar-refractivity contribution in [2.45, 2.75) is 59.9 Å². The molecule has 0 aliphatic carbocycles. The maximum atomic E-state index is 5.87. The van der Waals surface area contributed by atoms with Crippen LogP contribution < -0.4 is 10.1 Å². The zero-order chi connectivity index (χ0) is 15.3. The molecule has 0 bridgehead atoms. The van der Waals surface area contributed by atoms with Crippen molar-refractivity contribution >= 4 is 0 Å². The Morgan fingerprint density at radius 3 is 2.30 bits per heavy atom. The smallest absolute Gasteiger partial charge is 0.122 e. The van der Waals surface area contributed by atoms with E-state index in [-0.39, 0.29) is 5.41 Å². The van der Waals surface area contributed by atoms with Crippen molar-refractivity contribution in [2.75, 3.05) is 13.2 Å². The zero-order valence-electron chi connectivity index (χ0n) is 14.2. The van der Waals surface area contributed by atoms with Gasteiger partial charge in [0.05, 0.1) is 0 Å². The fraction of sp³-hybridized carbons (Fsp3) is 0.667. The lowest BCUT2D eigenvalue weighted by Gasteiger charge is -2.21. The van der Waals surface area contributed by atoms with Crippen LogP contribution in [0.4, 0.5) is 0 Å². The first kappa shape index (κ1) is 17.0. The minimum atomic E-state index is 0.192. The van der Waals surface area contributed by atoms with Gasteiger partial charge in [0.15, 0.2) is 0 Å². The number of benzene rings is 1. The molecular formula is C18H31NO. The van der Waals surface area contributed by atoms with Gasteiger partial charge in [0.25, 0.3) is 0 Å². The van der Waals surface area contributed by atoms with Gasteiger partial charge in [-0.2, -0.15) is 0 Å². The highest BCUT2D eigenvalue weighted by molar-refractivity contribution is 5.38. The summed E-state index contributed by atoms with van der Waals surface area (Å²) in [5.74, 6) is 1.65. The summed E-state index contributed by atoms with van der Waals surface area (Å²) >= 11 is 0. The van der Waals surface area contributed by atoms with Gasteiger partial charge in [-0.3, -0.25) is 0 Å². The monoisotopic (exact) mass is 277 g/mol. The first-order chi connectivity index (χ1) is 9.21. The SMILES string of the molecule is Cc1cc(C(C)(C)C)ccc1OCCNC(C)C(C)C. The molecule has 0 saturated heterocycles. The van der Waals surface area contributed by atoms with Gasteiger partial charge >= 0.3 is 0 Å². The molecule has 0 aliphatic heterocycles. The van der Waals surface area contributed by atoms with Crippen LogP contribution in [0.2, 0.25) is 0 Å². The molecule has 0 aromatic heterocycles. The molecule has 1 aromatic rings. The number of hydrogen-bond donors (Lipinski definition) is 1. The first-order valence-corrected chi connectivity index (χ1v) is 7.69. The molecule has 0 saturated carbocycles. The number of ether oxygens (including phenoxy) is 1. The molecule has 0 amide bonds. The summed E-state index contributed by atoms with van der Waals surface area (Å²) < 4.78 is 5.87. The van der Waals surface area contributed by atoms with Gasteiger partial charge in [-0.25, -0.2) is 0 Å². The van der Waals surface area contributed by atoms with Gasteiger partial charge in [0.1, 0.15) is 12.4 Å². The molecule has 1 rings (SSSR count). The van der Waals surface area contributed by atoms with E-state index in [9.17, 15) is 0 Å². The third-order valence-corrected chi connectivity index (χ3v) is 3.87. The molecule has 0 spiro atoms. The first-order valence-electron chi connectivity index (χ1n) is 7.69. The minimum absolute atomic E-state index is 0.192. The number of aryl methyl sites for hydroxylation is 1. The maximum Gasteiger partial charge on any atom is 0.122 e. The van der Waals surface area contributed by atoms with E-state index in [2.05, 4.69) is 72.0 Å². The van der Waals surface area contributed by atoms with Crippen LogP contribution in [0.15, 0.2) is 18.2 Å². The van der Waals surface area contributed by atoms with Crippen molar-refractivity contribution in [3.8, 4) is 5.75 Å². The Hall–Kier alpha value is -1.02. The minimum Gasteiger partial charge on any atom is -0.492 e. The van der Waals surface area contributed by atoms with E-state index < -0.39 is 0 Å². The highest BCUT2D eigenvalue weighted by Gasteiger charge is 2.14. The summed E-state index contributed by atoms with van der Waals surface area (Å²) in [5, 5.41) is 3.48. The number of rotatable bonds is 6. The van der Waals surface area contributed by atoms with E-state index in [1.165, 1.54) is 11.1 Å². The van der Waals surface area contributed by atoms with Crippen molar-refractivity contribution < 1.29 is 4.74 Å². The number of hydrogen-bond acceptors (Lipinski definition) is 2. The molecule has 2 nitrogen and oxygen atoms in total. The average Bonchev–Trinajstić information content (AvgIpc) is 2.34. The Morgan fingerprint density at radius 1 is 1.15 bits per heavy atom. The molecule has 0 heterocycles. The number of nitrogens with one attached hydrogen (secondary N) is 1. The van der Waals surface area contributed by atoms with Crippen molar-refractivity contribution in [1.82, 2.24) is 5.32 Å². The second-order valence-electron chi connectivity index (χ2n) is 7.07. The lowest BCUT2D eigenvalue weighted by molar-refractivity contribution is 0.295. The van der Waals surface area contributed by atoms with Crippen LogP contribution in [-0.2, 0) is 5.41 Å². The molecule has 20 heavy (non-hydrogen) atoms. The van der Waals surface area contributed by atoms with E-state index in [1.807, 2.05) is 0 Å². The Balaban J connectivity index is 2.49. The molecule has 1 N–H and O–H groups in total. The normalized spacial score (nSPS) is 13.6. The Kier molecular flexibility index (Phi) is 6.07. The molecule has 114 valence electrons. The summed E-state index contributed by atoms with van der Waals surface area (Å²) in [6.07, 6.45) is 0. The van der Waals surface area contributed by atoms with Crippen LogP contribution in [0.3, 0.4) is 0 Å². The lowest BCUT2D eigenvalue weighted by atomic mass is 9.86. The van der Waals surface area contributed by atoms with Gasteiger partial charge < -0.3 is 10.1 Å². The lowest BCUT2D eigenvalue weighted by Crippen LogP contribution is -2.33. The van der Waals surface area contributed by atoms with E-state index in [4.69, 9.17) is 4.74 Å². The van der Waals surface area contributed by atoms with Crippen LogP contribution in [0, 0.1) is 12.8 Å². The third-order valence-electron chi connectivity index (χ3n) is 3.87. The predicted molar refractivity (Wildman–Crippen MR) is 87.7 cm³/mol. The zero-order valence-corrected chi connectivity index (χ0v) is 14.2. The molecule has 1 atom stereocenters. The standard InChI is InChI=1S/C18H31NO/c1-13(2)15(4)19-10-11-20-17-9-8-16(12-14(17)3)18(5,6)7/h8-9,12-13,15,19H,10-11H2,1-7H3. The Labute approximate surface area is 124 Å². The van der Waals surface area contributed by atoms with Crippen molar-refractivity contribution in [3.05, 3.63) is 29.3 Å². The van der Waals surface area contributed by atoms with E-state index in [0.29, 0.717) is 18.6 Å². The van der Waals surface area contributed by atoms with E-state index >= 15 is 0 Å². The quantitative estimate of drug-likeness (QED) is 0.783. The van der Waals surface area contributed by atoms with Crippen LogP contribution in [-0.4, -0.2) is 19.2 Å². The predicted octanol–water partition coefficient (Wildman–Crippen LogP) is 4.31. The fourth-order valence-corrected chi connectivity index (χ4v) is 1.96. The summed E-state index contributed by atoms with van der Waals surface area (Å²) in [6.45, 7) is 17.1. The highest BCUT2D eigenvalue weighted by Crippen LogP contribution is 2.27. The largest absolute Gasteiger partial charge is 0.492 e. The topological polar surface area (TPSA) is 21.3 Å². The summed E-state index contributed by atoms with van der Waals surface area (Å²) in [4.78, 5) is 0. The molecule has 0 aliphatic rings. The van der Waals surface area contributed by atoms with Gasteiger partial charge in [0, 0.05) is 12.6 Å². The van der Waals surface area contributed by atoms with Gasteiger partial charge in [-0.1, -0.05) is 46.8 Å². The van der Waals surface area contributed by atoms with Crippen LogP contribution in [0.1, 0.15) is 52.7 Å². The molecule has 1 aromatic carbocycles. The maximum absolute atomic E-state index is 5.87. The third kappa shape index (κ3) is 5.16. The second-order valence-corrected chi connectivity index (χ2v) is 7.07. The molecule has 1 unspecified atom stereocenters. The van der Waals surface area contributed by atoms with Crippen LogP contribution in [0.5, 0.6) is 5.75 Å². The Bertz CT molecular complexity index is 418. The van der Waals surface area contributed by atoms with Crippen LogP contribution >= 0.6 is 0 Å². The van der Waals surface area contributed by atoms with Gasteiger partial charge in [-0.15, -0.1) is 0 Å². The average molecular weight is 277 g/mol. The van der Waals surface area contributed by atoms with Crippen molar-refractivity contribution in [1.29, 1.82) is 0 Å². The van der Waals surface area contributed by atoms with Crippen molar-refractivity contribution in [2.24, 2.45) is 5.92 Å². The molecule has 0 fully saturated rings. The molecule has 0 radical (unpaired) electrons. The van der Waals surface area contributed by atoms with Crippen molar-refractivity contribution in [3.63, 3.8) is 0 Å².